The van der Waals surface area contributed by atoms with E-state index >= 15 is 0 Å². The second-order valence-corrected chi connectivity index (χ2v) is 11.1. The highest BCUT2D eigenvalue weighted by Gasteiger charge is 2.30. The molecular formula is C27H22F3N5S2. The zero-order valence-electron chi connectivity index (χ0n) is 19.9. The van der Waals surface area contributed by atoms with Crippen LogP contribution in [-0.2, 0) is 6.18 Å². The second-order valence-electron chi connectivity index (χ2n) is 9.02. The molecule has 37 heavy (non-hydrogen) atoms. The van der Waals surface area contributed by atoms with E-state index in [-0.39, 0.29) is 0 Å². The number of nitrogens with zero attached hydrogens (tertiary/aromatic N) is 5. The van der Waals surface area contributed by atoms with E-state index in [4.69, 9.17) is 0 Å². The van der Waals surface area contributed by atoms with Gasteiger partial charge in [-0.25, -0.2) is 15.0 Å². The van der Waals surface area contributed by atoms with Gasteiger partial charge in [-0.2, -0.15) is 13.2 Å². The van der Waals surface area contributed by atoms with Gasteiger partial charge in [-0.1, -0.05) is 29.5 Å². The summed E-state index contributed by atoms with van der Waals surface area (Å²) in [5.41, 5.74) is 3.82. The molecule has 5 aromatic rings. The van der Waals surface area contributed by atoms with E-state index in [1.54, 1.807) is 17.6 Å². The number of hydrogen-bond acceptors (Lipinski definition) is 7. The number of aromatic nitrogens is 2. The second kappa shape index (κ2) is 9.51. The Labute approximate surface area is 219 Å². The summed E-state index contributed by atoms with van der Waals surface area (Å²) in [6, 6.07) is 17.3. The summed E-state index contributed by atoms with van der Waals surface area (Å²) in [7, 11) is 2.15. The van der Waals surface area contributed by atoms with Gasteiger partial charge in [0.25, 0.3) is 0 Å². The van der Waals surface area contributed by atoms with E-state index in [1.807, 2.05) is 18.2 Å². The summed E-state index contributed by atoms with van der Waals surface area (Å²) in [6.07, 6.45) is -2.58. The number of alkyl halides is 3. The van der Waals surface area contributed by atoms with Crippen LogP contribution in [-0.4, -0.2) is 54.3 Å². The lowest BCUT2D eigenvalue weighted by Gasteiger charge is -2.34. The van der Waals surface area contributed by atoms with Crippen LogP contribution in [0.25, 0.3) is 31.0 Å². The standard InChI is InChI=1S/C27H22F3N5S2/c1-34-10-12-35(13-11-34)20-7-8-21-24(15-20)37-26(33-21)31-16-17-2-9-23-22(14-17)32-25(36-23)18-3-5-19(6-4-18)27(28,29)30/h2-9,14-16H,10-13H2,1H3/b31-16+. The van der Waals surface area contributed by atoms with Gasteiger partial charge in [0.15, 0.2) is 0 Å². The van der Waals surface area contributed by atoms with Crippen molar-refractivity contribution in [1.29, 1.82) is 0 Å². The topological polar surface area (TPSA) is 44.6 Å². The van der Waals surface area contributed by atoms with Gasteiger partial charge in [-0.05, 0) is 55.1 Å². The minimum Gasteiger partial charge on any atom is -0.369 e. The molecule has 1 saturated heterocycles. The normalized spacial score (nSPS) is 15.4. The van der Waals surface area contributed by atoms with Crippen LogP contribution in [0.5, 0.6) is 0 Å². The predicted molar refractivity (Wildman–Crippen MR) is 147 cm³/mol. The SMILES string of the molecule is CN1CCN(c2ccc3nc(/N=C/c4ccc5sc(-c6ccc(C(F)(F)F)cc6)nc5c4)sc3c2)CC1. The average molecular weight is 538 g/mol. The third-order valence-corrected chi connectivity index (χ3v) is 8.44. The minimum atomic E-state index is -4.35. The first-order valence-electron chi connectivity index (χ1n) is 11.8. The fourth-order valence-corrected chi connectivity index (χ4v) is 6.09. The number of hydrogen-bond donors (Lipinski definition) is 0. The fourth-order valence-electron chi connectivity index (χ4n) is 4.30. The molecule has 0 radical (unpaired) electrons. The molecule has 0 bridgehead atoms. The smallest absolute Gasteiger partial charge is 0.369 e. The zero-order valence-corrected chi connectivity index (χ0v) is 21.5. The van der Waals surface area contributed by atoms with Crippen molar-refractivity contribution < 1.29 is 13.2 Å². The molecule has 1 aliphatic rings. The minimum absolute atomic E-state index is 0.662. The highest BCUT2D eigenvalue weighted by Crippen LogP contribution is 2.35. The van der Waals surface area contributed by atoms with Gasteiger partial charge >= 0.3 is 6.18 Å². The molecule has 1 aliphatic heterocycles. The third-order valence-electron chi connectivity index (χ3n) is 6.42. The number of aliphatic imine (C=N–C) groups is 1. The Kier molecular flexibility index (Phi) is 6.18. The maximum atomic E-state index is 12.9. The van der Waals surface area contributed by atoms with Crippen molar-refractivity contribution >= 4 is 60.1 Å². The lowest BCUT2D eigenvalue weighted by Crippen LogP contribution is -2.44. The van der Waals surface area contributed by atoms with Crippen LogP contribution in [0.15, 0.2) is 65.7 Å². The Bertz CT molecular complexity index is 1600. The molecule has 0 aliphatic carbocycles. The molecule has 0 N–H and O–H groups in total. The van der Waals surface area contributed by atoms with Crippen LogP contribution in [0, 0.1) is 0 Å². The van der Waals surface area contributed by atoms with Crippen LogP contribution in [0.4, 0.5) is 24.0 Å². The van der Waals surface area contributed by atoms with Gasteiger partial charge in [0.1, 0.15) is 5.01 Å². The molecule has 0 atom stereocenters. The first kappa shape index (κ1) is 24.0. The summed E-state index contributed by atoms with van der Waals surface area (Å²) >= 11 is 3.01. The summed E-state index contributed by atoms with van der Waals surface area (Å²) < 4.78 is 40.7. The van der Waals surface area contributed by atoms with Gasteiger partial charge in [0.2, 0.25) is 5.13 Å². The zero-order chi connectivity index (χ0) is 25.6. The highest BCUT2D eigenvalue weighted by molar-refractivity contribution is 7.22. The first-order valence-corrected chi connectivity index (χ1v) is 13.4. The molecule has 0 amide bonds. The van der Waals surface area contributed by atoms with Crippen molar-refractivity contribution in [2.45, 2.75) is 6.18 Å². The molecule has 10 heteroatoms. The number of thiazole rings is 2. The number of benzene rings is 3. The van der Waals surface area contributed by atoms with E-state index < -0.39 is 11.7 Å². The predicted octanol–water partition coefficient (Wildman–Crippen LogP) is 7.09. The van der Waals surface area contributed by atoms with Gasteiger partial charge in [0, 0.05) is 43.6 Å². The highest BCUT2D eigenvalue weighted by atomic mass is 32.1. The number of anilines is 1. The molecule has 0 spiro atoms. The molecule has 6 rings (SSSR count). The summed E-state index contributed by atoms with van der Waals surface area (Å²) in [5.74, 6) is 0. The maximum absolute atomic E-state index is 12.9. The van der Waals surface area contributed by atoms with Crippen LogP contribution in [0.2, 0.25) is 0 Å². The lowest BCUT2D eigenvalue weighted by molar-refractivity contribution is -0.137. The number of fused-ring (bicyclic) bond motifs is 2. The third kappa shape index (κ3) is 5.09. The van der Waals surface area contributed by atoms with Crippen LogP contribution < -0.4 is 4.90 Å². The van der Waals surface area contributed by atoms with Crippen molar-refractivity contribution in [2.24, 2.45) is 4.99 Å². The average Bonchev–Trinajstić information content (AvgIpc) is 3.50. The van der Waals surface area contributed by atoms with E-state index in [1.165, 1.54) is 29.2 Å². The van der Waals surface area contributed by atoms with Crippen LogP contribution in [0.3, 0.4) is 0 Å². The monoisotopic (exact) mass is 537 g/mol. The molecule has 0 unspecified atom stereocenters. The van der Waals surface area contributed by atoms with Crippen molar-refractivity contribution in [3.63, 3.8) is 0 Å². The molecule has 5 nitrogen and oxygen atoms in total. The van der Waals surface area contributed by atoms with Gasteiger partial charge in [-0.3, -0.25) is 0 Å². The largest absolute Gasteiger partial charge is 0.416 e. The number of piperazine rings is 1. The van der Waals surface area contributed by atoms with Gasteiger partial charge in [-0.15, -0.1) is 11.3 Å². The maximum Gasteiger partial charge on any atom is 0.416 e. The molecule has 188 valence electrons. The Morgan fingerprint density at radius 1 is 0.838 bits per heavy atom. The van der Waals surface area contributed by atoms with Crippen LogP contribution in [0.1, 0.15) is 11.1 Å². The Morgan fingerprint density at radius 3 is 2.38 bits per heavy atom. The Balaban J connectivity index is 1.20. The molecule has 2 aromatic heterocycles. The van der Waals surface area contributed by atoms with E-state index in [0.717, 1.165) is 64.3 Å². The molecule has 0 saturated carbocycles. The van der Waals surface area contributed by atoms with Crippen molar-refractivity contribution in [2.75, 3.05) is 38.1 Å². The van der Waals surface area contributed by atoms with Crippen molar-refractivity contribution in [3.8, 4) is 10.6 Å². The summed E-state index contributed by atoms with van der Waals surface area (Å²) in [4.78, 5) is 18.6. The fraction of sp³-hybridized carbons (Fsp3) is 0.222. The molecule has 3 aromatic carbocycles. The van der Waals surface area contributed by atoms with E-state index in [0.29, 0.717) is 15.7 Å². The van der Waals surface area contributed by atoms with Gasteiger partial charge in [0.05, 0.1) is 26.0 Å². The molecule has 1 fully saturated rings. The molecular weight excluding hydrogens is 515 g/mol. The van der Waals surface area contributed by atoms with E-state index in [9.17, 15) is 13.2 Å². The van der Waals surface area contributed by atoms with Gasteiger partial charge < -0.3 is 9.80 Å². The Morgan fingerprint density at radius 2 is 1.62 bits per heavy atom. The number of likely N-dealkylation sites (N-methyl/N-ethyl adjacent to an activating group) is 1. The summed E-state index contributed by atoms with van der Waals surface area (Å²) in [6.45, 7) is 4.16. The van der Waals surface area contributed by atoms with Crippen molar-refractivity contribution in [1.82, 2.24) is 14.9 Å². The molecule has 3 heterocycles. The summed E-state index contributed by atoms with van der Waals surface area (Å²) in [5, 5.41) is 1.37. The van der Waals surface area contributed by atoms with Crippen molar-refractivity contribution in [3.05, 3.63) is 71.8 Å². The van der Waals surface area contributed by atoms with Crippen LogP contribution >= 0.6 is 22.7 Å². The number of rotatable bonds is 4. The van der Waals surface area contributed by atoms with E-state index in [2.05, 4.69) is 50.0 Å². The lowest BCUT2D eigenvalue weighted by atomic mass is 10.1. The number of halogens is 3. The quantitative estimate of drug-likeness (QED) is 0.230. The first-order chi connectivity index (χ1) is 17.8. The Hall–Kier alpha value is -3.34.